The van der Waals surface area contributed by atoms with Gasteiger partial charge in [0, 0.05) is 12.8 Å². The Morgan fingerprint density at radius 1 is 0.482 bits per heavy atom. The van der Waals surface area contributed by atoms with Crippen LogP contribution in [0.1, 0.15) is 232 Å². The summed E-state index contributed by atoms with van der Waals surface area (Å²) >= 11 is 0. The molecule has 0 fully saturated rings. The van der Waals surface area contributed by atoms with Crippen molar-refractivity contribution in [3.8, 4) is 0 Å². The highest BCUT2D eigenvalue weighted by Crippen LogP contribution is 2.38. The van der Waals surface area contributed by atoms with Crippen molar-refractivity contribution in [1.29, 1.82) is 0 Å². The number of likely N-dealkylation sites (N-methyl/N-ethyl adjacent to an activating group) is 1. The highest BCUT2D eigenvalue weighted by Gasteiger charge is 2.21. The number of carbonyl (C=O) groups is 2. The molecule has 56 heavy (non-hydrogen) atoms. The van der Waals surface area contributed by atoms with Crippen molar-refractivity contribution in [2.45, 2.75) is 238 Å². The van der Waals surface area contributed by atoms with E-state index in [0.29, 0.717) is 17.4 Å². The van der Waals surface area contributed by atoms with E-state index in [1.54, 1.807) is 0 Å². The quantitative estimate of drug-likeness (QED) is 0.0259. The zero-order valence-corrected chi connectivity index (χ0v) is 38.5. The Bertz CT molecular complexity index is 927. The van der Waals surface area contributed by atoms with Crippen LogP contribution in [0.2, 0.25) is 0 Å². The van der Waals surface area contributed by atoms with Crippen LogP contribution < -0.4 is 4.89 Å². The number of nitrogens with zero attached hydrogens (tertiary/aromatic N) is 1. The second kappa shape index (κ2) is 39.5. The van der Waals surface area contributed by atoms with Gasteiger partial charge in [0.25, 0.3) is 7.82 Å². The number of ether oxygens (including phenoxy) is 2. The SMILES string of the molecule is CCCCCCCCCCCCCCCCCCCCCCCCC(=O)OC[C@H](COP(=O)([O-])OCC[N+](C)(C)C)OC(=O)CCCCCCCCCCCC. The highest BCUT2D eigenvalue weighted by molar-refractivity contribution is 7.45. The van der Waals surface area contributed by atoms with Crippen molar-refractivity contribution >= 4 is 19.8 Å². The fourth-order valence-electron chi connectivity index (χ4n) is 6.89. The predicted octanol–water partition coefficient (Wildman–Crippen LogP) is 13.0. The first-order valence-electron chi connectivity index (χ1n) is 23.7. The van der Waals surface area contributed by atoms with E-state index in [1.807, 2.05) is 21.1 Å². The van der Waals surface area contributed by atoms with Crippen LogP contribution in [0.5, 0.6) is 0 Å². The van der Waals surface area contributed by atoms with Gasteiger partial charge < -0.3 is 27.9 Å². The summed E-state index contributed by atoms with van der Waals surface area (Å²) in [6.45, 7) is 4.25. The second-order valence-corrected chi connectivity index (χ2v) is 18.9. The van der Waals surface area contributed by atoms with Gasteiger partial charge in [-0.1, -0.05) is 206 Å². The van der Waals surface area contributed by atoms with E-state index in [9.17, 15) is 19.0 Å². The number of hydrogen-bond acceptors (Lipinski definition) is 8. The van der Waals surface area contributed by atoms with Gasteiger partial charge in [-0.2, -0.15) is 0 Å². The first-order valence-corrected chi connectivity index (χ1v) is 25.2. The van der Waals surface area contributed by atoms with Gasteiger partial charge in [-0.05, 0) is 12.8 Å². The molecule has 0 N–H and O–H groups in total. The van der Waals surface area contributed by atoms with Gasteiger partial charge >= 0.3 is 11.9 Å². The average Bonchev–Trinajstić information content (AvgIpc) is 3.15. The maximum Gasteiger partial charge on any atom is 0.306 e. The molecule has 0 radical (unpaired) electrons. The monoisotopic (exact) mass is 818 g/mol. The molecule has 0 amide bonds. The first kappa shape index (κ1) is 55.0. The normalized spacial score (nSPS) is 13.5. The van der Waals surface area contributed by atoms with Gasteiger partial charge in [-0.15, -0.1) is 0 Å². The lowest BCUT2D eigenvalue weighted by Crippen LogP contribution is -2.37. The van der Waals surface area contributed by atoms with Crippen molar-refractivity contribution in [2.75, 3.05) is 47.5 Å². The largest absolute Gasteiger partial charge is 0.756 e. The molecule has 2 atom stereocenters. The molecule has 0 aromatic carbocycles. The van der Waals surface area contributed by atoms with Crippen molar-refractivity contribution in [3.05, 3.63) is 0 Å². The van der Waals surface area contributed by atoms with Crippen LogP contribution in [-0.4, -0.2) is 70.0 Å². The Balaban J connectivity index is 4.12. The molecular formula is C46H92NO8P. The summed E-state index contributed by atoms with van der Waals surface area (Å²) in [5.74, 6) is -0.820. The van der Waals surface area contributed by atoms with Crippen LogP contribution in [0, 0.1) is 0 Å². The highest BCUT2D eigenvalue weighted by atomic mass is 31.2. The zero-order chi connectivity index (χ0) is 41.4. The number of rotatable bonds is 44. The van der Waals surface area contributed by atoms with Gasteiger partial charge in [0.1, 0.15) is 19.8 Å². The Hall–Kier alpha value is -0.990. The number of unbranched alkanes of at least 4 members (excludes halogenated alkanes) is 30. The molecule has 0 aromatic heterocycles. The van der Waals surface area contributed by atoms with E-state index in [0.717, 1.165) is 32.1 Å². The lowest BCUT2D eigenvalue weighted by atomic mass is 10.0. The smallest absolute Gasteiger partial charge is 0.306 e. The maximum absolute atomic E-state index is 12.6. The number of esters is 2. The third-order valence-corrected chi connectivity index (χ3v) is 11.6. The number of quaternary nitrogens is 1. The molecule has 0 aliphatic rings. The number of hydrogen-bond donors (Lipinski definition) is 0. The van der Waals surface area contributed by atoms with Crippen LogP contribution in [0.4, 0.5) is 0 Å². The van der Waals surface area contributed by atoms with Crippen molar-refractivity contribution in [2.24, 2.45) is 0 Å². The standard InChI is InChI=1S/C46H92NO8P/c1-6-8-10-12-14-16-18-19-20-21-22-23-24-25-26-27-28-29-31-32-34-36-38-45(48)52-42-44(43-54-56(50,51)53-41-40-47(3,4)5)55-46(49)39-37-35-33-30-17-15-13-11-9-7-2/h44H,6-43H2,1-5H3/t44-/m1/s1. The number of phosphoric ester groups is 1. The van der Waals surface area contributed by atoms with Crippen molar-refractivity contribution < 1.29 is 42.1 Å². The van der Waals surface area contributed by atoms with E-state index in [1.165, 1.54) is 167 Å². The molecule has 0 bridgehead atoms. The van der Waals surface area contributed by atoms with E-state index in [4.69, 9.17) is 18.5 Å². The molecule has 0 saturated carbocycles. The Labute approximate surface area is 346 Å². The fourth-order valence-corrected chi connectivity index (χ4v) is 7.62. The summed E-state index contributed by atoms with van der Waals surface area (Å²) < 4.78 is 33.9. The summed E-state index contributed by atoms with van der Waals surface area (Å²) in [7, 11) is 1.18. The summed E-state index contributed by atoms with van der Waals surface area (Å²) in [5, 5.41) is 0. The molecule has 10 heteroatoms. The van der Waals surface area contributed by atoms with Gasteiger partial charge in [0.15, 0.2) is 6.10 Å². The van der Waals surface area contributed by atoms with Gasteiger partial charge in [0.05, 0.1) is 27.7 Å². The van der Waals surface area contributed by atoms with E-state index >= 15 is 0 Å². The van der Waals surface area contributed by atoms with Crippen molar-refractivity contribution in [3.63, 3.8) is 0 Å². The van der Waals surface area contributed by atoms with Gasteiger partial charge in [0.2, 0.25) is 0 Å². The van der Waals surface area contributed by atoms with Gasteiger partial charge in [-0.3, -0.25) is 14.2 Å². The molecule has 0 aliphatic carbocycles. The maximum atomic E-state index is 12.6. The lowest BCUT2D eigenvalue weighted by Gasteiger charge is -2.28. The third-order valence-electron chi connectivity index (χ3n) is 10.6. The average molecular weight is 818 g/mol. The Morgan fingerprint density at radius 3 is 1.14 bits per heavy atom. The summed E-state index contributed by atoms with van der Waals surface area (Å²) in [5.41, 5.74) is 0. The molecular weight excluding hydrogens is 725 g/mol. The summed E-state index contributed by atoms with van der Waals surface area (Å²) in [6, 6.07) is 0. The Kier molecular flexibility index (Phi) is 38.8. The number of phosphoric acid groups is 1. The second-order valence-electron chi connectivity index (χ2n) is 17.5. The predicted molar refractivity (Wildman–Crippen MR) is 232 cm³/mol. The van der Waals surface area contributed by atoms with Crippen LogP contribution in [0.15, 0.2) is 0 Å². The third kappa shape index (κ3) is 42.6. The van der Waals surface area contributed by atoms with Crippen LogP contribution >= 0.6 is 7.82 Å². The molecule has 0 aromatic rings. The minimum atomic E-state index is -4.61. The molecule has 1 unspecified atom stereocenters. The lowest BCUT2D eigenvalue weighted by molar-refractivity contribution is -0.870. The minimum Gasteiger partial charge on any atom is -0.756 e. The fraction of sp³-hybridized carbons (Fsp3) is 0.957. The van der Waals surface area contributed by atoms with E-state index in [2.05, 4.69) is 13.8 Å². The molecule has 0 saturated heterocycles. The molecule has 0 aliphatic heterocycles. The molecule has 0 heterocycles. The molecule has 334 valence electrons. The number of carbonyl (C=O) groups excluding carboxylic acids is 2. The summed E-state index contributed by atoms with van der Waals surface area (Å²) in [4.78, 5) is 37.5. The topological polar surface area (TPSA) is 111 Å². The zero-order valence-electron chi connectivity index (χ0n) is 37.6. The molecule has 9 nitrogen and oxygen atoms in total. The van der Waals surface area contributed by atoms with Crippen LogP contribution in [0.25, 0.3) is 0 Å². The van der Waals surface area contributed by atoms with Crippen LogP contribution in [0.3, 0.4) is 0 Å². The van der Waals surface area contributed by atoms with Crippen LogP contribution in [-0.2, 0) is 32.7 Å². The van der Waals surface area contributed by atoms with Crippen molar-refractivity contribution in [1.82, 2.24) is 0 Å². The van der Waals surface area contributed by atoms with E-state index in [-0.39, 0.29) is 32.0 Å². The molecule has 0 rings (SSSR count). The van der Waals surface area contributed by atoms with E-state index < -0.39 is 26.5 Å². The molecule has 0 spiro atoms. The minimum absolute atomic E-state index is 0.0258. The summed E-state index contributed by atoms with van der Waals surface area (Å²) in [6.07, 6.45) is 40.0. The first-order chi connectivity index (χ1) is 27.0. The Morgan fingerprint density at radius 2 is 0.804 bits per heavy atom. The van der Waals surface area contributed by atoms with Gasteiger partial charge in [-0.25, -0.2) is 0 Å².